The average Bonchev–Trinajstić information content (AvgIpc) is 3.10. The van der Waals surface area contributed by atoms with Crippen molar-refractivity contribution in [2.24, 2.45) is 5.92 Å². The van der Waals surface area contributed by atoms with Gasteiger partial charge in [0.25, 0.3) is 10.2 Å². The second-order valence-corrected chi connectivity index (χ2v) is 6.65. The van der Waals surface area contributed by atoms with E-state index in [4.69, 9.17) is 0 Å². The van der Waals surface area contributed by atoms with Gasteiger partial charge in [0.15, 0.2) is 0 Å². The maximum atomic E-state index is 11.7. The van der Waals surface area contributed by atoms with Crippen LogP contribution in [0.15, 0.2) is 0 Å². The normalized spacial score (nSPS) is 30.4. The monoisotopic (exact) mass is 261 g/mol. The summed E-state index contributed by atoms with van der Waals surface area (Å²) in [4.78, 5) is 0. The summed E-state index contributed by atoms with van der Waals surface area (Å²) in [5.41, 5.74) is 0. The van der Waals surface area contributed by atoms with E-state index in [1.54, 1.807) is 0 Å². The van der Waals surface area contributed by atoms with Gasteiger partial charge < -0.3 is 5.32 Å². The predicted molar refractivity (Wildman–Crippen MR) is 67.9 cm³/mol. The molecule has 100 valence electrons. The lowest BCUT2D eigenvalue weighted by Gasteiger charge is -2.32. The first kappa shape index (κ1) is 13.3. The van der Waals surface area contributed by atoms with Crippen LogP contribution in [0.4, 0.5) is 0 Å². The average molecular weight is 261 g/mol. The van der Waals surface area contributed by atoms with Gasteiger partial charge in [0, 0.05) is 18.6 Å². The van der Waals surface area contributed by atoms with Gasteiger partial charge in [-0.05, 0) is 38.1 Å². The minimum Gasteiger partial charge on any atom is -0.312 e. The largest absolute Gasteiger partial charge is 0.312 e. The maximum absolute atomic E-state index is 11.7. The van der Waals surface area contributed by atoms with Gasteiger partial charge in [-0.3, -0.25) is 0 Å². The van der Waals surface area contributed by atoms with Gasteiger partial charge in [-0.25, -0.2) is 4.72 Å². The highest BCUT2D eigenvalue weighted by Gasteiger charge is 2.28. The van der Waals surface area contributed by atoms with Crippen molar-refractivity contribution in [3.05, 3.63) is 0 Å². The quantitative estimate of drug-likeness (QED) is 0.646. The molecule has 5 nitrogen and oxygen atoms in total. The molecule has 0 aromatic rings. The van der Waals surface area contributed by atoms with E-state index in [0.717, 1.165) is 25.8 Å². The topological polar surface area (TPSA) is 70.2 Å². The van der Waals surface area contributed by atoms with Crippen molar-refractivity contribution in [3.8, 4) is 0 Å². The molecule has 1 saturated carbocycles. The van der Waals surface area contributed by atoms with Crippen molar-refractivity contribution in [1.82, 2.24) is 14.8 Å². The fraction of sp³-hybridized carbons (Fsp3) is 1.00. The van der Waals surface area contributed by atoms with Crippen LogP contribution in [0, 0.1) is 5.92 Å². The van der Waals surface area contributed by atoms with Gasteiger partial charge in [0.2, 0.25) is 0 Å². The molecule has 17 heavy (non-hydrogen) atoms. The molecule has 6 heteroatoms. The third-order valence-corrected chi connectivity index (χ3v) is 4.83. The summed E-state index contributed by atoms with van der Waals surface area (Å²) >= 11 is 0. The molecular formula is C11H23N3O2S. The molecule has 2 atom stereocenters. The first-order valence-electron chi connectivity index (χ1n) is 6.61. The molecule has 0 aromatic heterocycles. The van der Waals surface area contributed by atoms with E-state index in [1.165, 1.54) is 12.8 Å². The zero-order valence-electron chi connectivity index (χ0n) is 10.4. The van der Waals surface area contributed by atoms with Crippen LogP contribution in [0.25, 0.3) is 0 Å². The SMILES string of the molecule is CCC1CCCNC1CNS(=O)(=O)NC1CC1. The van der Waals surface area contributed by atoms with E-state index in [2.05, 4.69) is 21.7 Å². The summed E-state index contributed by atoms with van der Waals surface area (Å²) in [5.74, 6) is 0.590. The smallest absolute Gasteiger partial charge is 0.277 e. The number of piperidine rings is 1. The van der Waals surface area contributed by atoms with Crippen molar-refractivity contribution in [2.45, 2.75) is 51.1 Å². The van der Waals surface area contributed by atoms with E-state index in [0.29, 0.717) is 12.5 Å². The number of nitrogens with one attached hydrogen (secondary N) is 3. The fourth-order valence-electron chi connectivity index (χ4n) is 2.41. The van der Waals surface area contributed by atoms with Crippen molar-refractivity contribution in [3.63, 3.8) is 0 Å². The van der Waals surface area contributed by atoms with Gasteiger partial charge >= 0.3 is 0 Å². The minimum atomic E-state index is -3.29. The molecule has 0 spiro atoms. The van der Waals surface area contributed by atoms with Crippen LogP contribution >= 0.6 is 0 Å². The molecule has 2 rings (SSSR count). The highest BCUT2D eigenvalue weighted by Crippen LogP contribution is 2.20. The Labute approximate surface area is 104 Å². The molecule has 1 heterocycles. The summed E-state index contributed by atoms with van der Waals surface area (Å²) < 4.78 is 28.6. The zero-order chi connectivity index (χ0) is 12.3. The number of hydrogen-bond acceptors (Lipinski definition) is 3. The molecule has 3 N–H and O–H groups in total. The van der Waals surface area contributed by atoms with E-state index in [-0.39, 0.29) is 12.1 Å². The predicted octanol–water partition coefficient (Wildman–Crippen LogP) is 0.351. The van der Waals surface area contributed by atoms with Gasteiger partial charge in [-0.15, -0.1) is 0 Å². The third kappa shape index (κ3) is 4.21. The van der Waals surface area contributed by atoms with Crippen molar-refractivity contribution >= 4 is 10.2 Å². The molecule has 0 radical (unpaired) electrons. The van der Waals surface area contributed by atoms with E-state index >= 15 is 0 Å². The lowest BCUT2D eigenvalue weighted by Crippen LogP contribution is -2.50. The second-order valence-electron chi connectivity index (χ2n) is 5.12. The maximum Gasteiger partial charge on any atom is 0.277 e. The fourth-order valence-corrected chi connectivity index (χ4v) is 3.57. The molecule has 2 unspecified atom stereocenters. The Hall–Kier alpha value is -0.170. The van der Waals surface area contributed by atoms with Gasteiger partial charge in [-0.2, -0.15) is 13.1 Å². The molecule has 1 aliphatic heterocycles. The van der Waals surface area contributed by atoms with Crippen LogP contribution in [-0.2, 0) is 10.2 Å². The Bertz CT molecular complexity index is 341. The lowest BCUT2D eigenvalue weighted by molar-refractivity contribution is 0.273. The van der Waals surface area contributed by atoms with Crippen LogP contribution in [0.5, 0.6) is 0 Å². The van der Waals surface area contributed by atoms with Crippen molar-refractivity contribution in [2.75, 3.05) is 13.1 Å². The van der Waals surface area contributed by atoms with Crippen LogP contribution in [-0.4, -0.2) is 33.6 Å². The molecule has 2 aliphatic rings. The van der Waals surface area contributed by atoms with E-state index in [1.807, 2.05) is 0 Å². The molecule has 1 saturated heterocycles. The molecule has 0 amide bonds. The number of hydrogen-bond donors (Lipinski definition) is 3. The van der Waals surface area contributed by atoms with E-state index < -0.39 is 10.2 Å². The van der Waals surface area contributed by atoms with Crippen molar-refractivity contribution < 1.29 is 8.42 Å². The number of rotatable bonds is 6. The minimum absolute atomic E-state index is 0.175. The standard InChI is InChI=1S/C11H23N3O2S/c1-2-9-4-3-7-12-11(9)8-13-17(15,16)14-10-5-6-10/h9-14H,2-8H2,1H3. The van der Waals surface area contributed by atoms with Gasteiger partial charge in [0.05, 0.1) is 0 Å². The molecule has 0 aromatic carbocycles. The Morgan fingerprint density at radius 2 is 2.06 bits per heavy atom. The summed E-state index contributed by atoms with van der Waals surface area (Å²) in [5, 5.41) is 3.41. The van der Waals surface area contributed by atoms with Crippen molar-refractivity contribution in [1.29, 1.82) is 0 Å². The highest BCUT2D eigenvalue weighted by atomic mass is 32.2. The summed E-state index contributed by atoms with van der Waals surface area (Å²) in [6.07, 6.45) is 5.45. The van der Waals surface area contributed by atoms with Crippen LogP contribution in [0.3, 0.4) is 0 Å². The first-order valence-corrected chi connectivity index (χ1v) is 8.09. The van der Waals surface area contributed by atoms with Crippen LogP contribution in [0.1, 0.15) is 39.0 Å². The van der Waals surface area contributed by atoms with E-state index in [9.17, 15) is 8.42 Å². The molecular weight excluding hydrogens is 238 g/mol. The Kier molecular flexibility index (Phi) is 4.41. The molecule has 2 fully saturated rings. The zero-order valence-corrected chi connectivity index (χ0v) is 11.2. The summed E-state index contributed by atoms with van der Waals surface area (Å²) in [7, 11) is -3.29. The molecule has 0 bridgehead atoms. The molecule has 1 aliphatic carbocycles. The summed E-state index contributed by atoms with van der Waals surface area (Å²) in [6.45, 7) is 3.67. The van der Waals surface area contributed by atoms with Gasteiger partial charge in [0.1, 0.15) is 0 Å². The highest BCUT2D eigenvalue weighted by molar-refractivity contribution is 7.87. The first-order chi connectivity index (χ1) is 8.11. The van der Waals surface area contributed by atoms with Crippen LogP contribution in [0.2, 0.25) is 0 Å². The lowest BCUT2D eigenvalue weighted by atomic mass is 9.89. The van der Waals surface area contributed by atoms with Gasteiger partial charge in [-0.1, -0.05) is 13.3 Å². The Morgan fingerprint density at radius 1 is 1.29 bits per heavy atom. The Balaban J connectivity index is 1.79. The summed E-state index contributed by atoms with van der Waals surface area (Å²) in [6, 6.07) is 0.457. The third-order valence-electron chi connectivity index (χ3n) is 3.64. The Morgan fingerprint density at radius 3 is 2.71 bits per heavy atom. The van der Waals surface area contributed by atoms with Crippen LogP contribution < -0.4 is 14.8 Å². The second kappa shape index (κ2) is 5.65.